The molecule has 0 spiro atoms. The number of hydrogen-bond donors (Lipinski definition) is 1. The maximum absolute atomic E-state index is 11.2. The number of anilines is 1. The van der Waals surface area contributed by atoms with Gasteiger partial charge in [0, 0.05) is 5.69 Å². The lowest BCUT2D eigenvalue weighted by Crippen LogP contribution is -2.43. The fourth-order valence-corrected chi connectivity index (χ4v) is 2.35. The Labute approximate surface area is 121 Å². The van der Waals surface area contributed by atoms with E-state index >= 15 is 0 Å². The highest BCUT2D eigenvalue weighted by molar-refractivity contribution is 6.74. The molecule has 0 aromatic heterocycles. The highest BCUT2D eigenvalue weighted by Gasteiger charge is 2.38. The summed E-state index contributed by atoms with van der Waals surface area (Å²) in [4.78, 5) is 11.2. The van der Waals surface area contributed by atoms with Crippen LogP contribution in [0.4, 0.5) is 5.69 Å². The van der Waals surface area contributed by atoms with Gasteiger partial charge in [0.05, 0.1) is 0 Å². The molecule has 1 amide bonds. The lowest BCUT2D eigenvalue weighted by atomic mass is 10.2. The van der Waals surface area contributed by atoms with E-state index in [-0.39, 0.29) is 16.8 Å². The van der Waals surface area contributed by atoms with Crippen molar-refractivity contribution in [1.29, 1.82) is 0 Å². The van der Waals surface area contributed by atoms with Crippen LogP contribution in [0, 0.1) is 0 Å². The second-order valence-electron chi connectivity index (χ2n) is 6.07. The molecular formula is C14H22ClNO2Si. The Morgan fingerprint density at radius 2 is 1.79 bits per heavy atom. The van der Waals surface area contributed by atoms with Gasteiger partial charge in [0.1, 0.15) is 11.6 Å². The quantitative estimate of drug-likeness (QED) is 0.667. The average Bonchev–Trinajstić information content (AvgIpc) is 2.29. The Bertz CT molecular complexity index is 438. The van der Waals surface area contributed by atoms with E-state index in [0.29, 0.717) is 0 Å². The lowest BCUT2D eigenvalue weighted by molar-refractivity contribution is -0.113. The minimum absolute atomic E-state index is 0.0395. The van der Waals surface area contributed by atoms with Gasteiger partial charge in [-0.15, -0.1) is 11.6 Å². The zero-order valence-corrected chi connectivity index (χ0v) is 14.0. The molecule has 3 nitrogen and oxygen atoms in total. The van der Waals surface area contributed by atoms with Crippen LogP contribution in [-0.2, 0) is 4.79 Å². The summed E-state index contributed by atoms with van der Waals surface area (Å²) in [6, 6.07) is 7.41. The van der Waals surface area contributed by atoms with Crippen LogP contribution in [0.25, 0.3) is 0 Å². The normalized spacial score (nSPS) is 12.1. The topological polar surface area (TPSA) is 38.3 Å². The van der Waals surface area contributed by atoms with E-state index < -0.39 is 8.32 Å². The van der Waals surface area contributed by atoms with Crippen LogP contribution in [0.3, 0.4) is 0 Å². The molecule has 1 aromatic carbocycles. The van der Waals surface area contributed by atoms with Crippen molar-refractivity contribution in [1.82, 2.24) is 0 Å². The van der Waals surface area contributed by atoms with Crippen LogP contribution in [0.5, 0.6) is 5.75 Å². The second-order valence-corrected chi connectivity index (χ2v) is 11.1. The van der Waals surface area contributed by atoms with Gasteiger partial charge in [0.15, 0.2) is 0 Å². The summed E-state index contributed by atoms with van der Waals surface area (Å²) in [6.07, 6.45) is 0. The molecule has 0 bridgehead atoms. The van der Waals surface area contributed by atoms with Crippen molar-refractivity contribution in [3.63, 3.8) is 0 Å². The third-order valence-electron chi connectivity index (χ3n) is 3.44. The third kappa shape index (κ3) is 4.55. The molecule has 0 aliphatic carbocycles. The molecule has 0 saturated carbocycles. The van der Waals surface area contributed by atoms with E-state index in [1.807, 2.05) is 24.3 Å². The van der Waals surface area contributed by atoms with E-state index in [1.165, 1.54) is 0 Å². The van der Waals surface area contributed by atoms with Crippen LogP contribution in [0.1, 0.15) is 20.8 Å². The van der Waals surface area contributed by atoms with E-state index in [0.717, 1.165) is 11.4 Å². The van der Waals surface area contributed by atoms with Crippen molar-refractivity contribution in [2.75, 3.05) is 11.2 Å². The van der Waals surface area contributed by atoms with Crippen molar-refractivity contribution in [3.05, 3.63) is 24.3 Å². The average molecular weight is 300 g/mol. The summed E-state index contributed by atoms with van der Waals surface area (Å²) in [6.45, 7) is 11.0. The number of benzene rings is 1. The number of hydrogen-bond acceptors (Lipinski definition) is 2. The maximum Gasteiger partial charge on any atom is 0.250 e. The number of rotatable bonds is 4. The molecular weight excluding hydrogens is 278 g/mol. The van der Waals surface area contributed by atoms with Gasteiger partial charge in [-0.05, 0) is 42.4 Å². The van der Waals surface area contributed by atoms with Crippen molar-refractivity contribution >= 4 is 31.5 Å². The van der Waals surface area contributed by atoms with Gasteiger partial charge in [-0.3, -0.25) is 4.79 Å². The molecule has 0 saturated heterocycles. The molecule has 0 radical (unpaired) electrons. The number of nitrogens with one attached hydrogen (secondary N) is 1. The van der Waals surface area contributed by atoms with Crippen LogP contribution >= 0.6 is 11.6 Å². The number of alkyl halides is 1. The molecule has 1 rings (SSSR count). The molecule has 106 valence electrons. The van der Waals surface area contributed by atoms with Crippen molar-refractivity contribution in [2.24, 2.45) is 0 Å². The van der Waals surface area contributed by atoms with E-state index in [4.69, 9.17) is 16.0 Å². The SMILES string of the molecule is CC(C)(C)[Si](C)(C)Oc1ccc(NC(=O)CCl)cc1. The molecule has 1 aromatic rings. The molecule has 5 heteroatoms. The van der Waals surface area contributed by atoms with Crippen molar-refractivity contribution in [3.8, 4) is 5.75 Å². The largest absolute Gasteiger partial charge is 0.544 e. The summed E-state index contributed by atoms with van der Waals surface area (Å²) in [7, 11) is -1.81. The van der Waals surface area contributed by atoms with Gasteiger partial charge in [-0.1, -0.05) is 20.8 Å². The van der Waals surface area contributed by atoms with E-state index in [2.05, 4.69) is 39.2 Å². The summed E-state index contributed by atoms with van der Waals surface area (Å²) in [5, 5.41) is 2.86. The molecule has 0 atom stereocenters. The van der Waals surface area contributed by atoms with Gasteiger partial charge in [-0.25, -0.2) is 0 Å². The maximum atomic E-state index is 11.2. The van der Waals surface area contributed by atoms with Gasteiger partial charge in [0.25, 0.3) is 0 Å². The lowest BCUT2D eigenvalue weighted by Gasteiger charge is -2.36. The molecule has 0 heterocycles. The number of amides is 1. The number of halogens is 1. The van der Waals surface area contributed by atoms with Gasteiger partial charge < -0.3 is 9.74 Å². The fraction of sp³-hybridized carbons (Fsp3) is 0.500. The Hall–Kier alpha value is -1.00. The Kier molecular flexibility index (Phi) is 5.04. The molecule has 0 aliphatic rings. The molecule has 0 aliphatic heterocycles. The molecule has 19 heavy (non-hydrogen) atoms. The van der Waals surface area contributed by atoms with Crippen molar-refractivity contribution in [2.45, 2.75) is 38.9 Å². The molecule has 1 N–H and O–H groups in total. The van der Waals surface area contributed by atoms with Gasteiger partial charge in [0.2, 0.25) is 14.2 Å². The first-order valence-electron chi connectivity index (χ1n) is 6.30. The Balaban J connectivity index is 2.75. The summed E-state index contributed by atoms with van der Waals surface area (Å²) < 4.78 is 6.15. The highest BCUT2D eigenvalue weighted by Crippen LogP contribution is 2.37. The first-order chi connectivity index (χ1) is 8.65. The Morgan fingerprint density at radius 1 is 1.26 bits per heavy atom. The number of carbonyl (C=O) groups is 1. The van der Waals surface area contributed by atoms with Crippen LogP contribution in [0.15, 0.2) is 24.3 Å². The summed E-state index contributed by atoms with van der Waals surface area (Å²) in [5.41, 5.74) is 0.730. The Morgan fingerprint density at radius 3 is 2.21 bits per heavy atom. The van der Waals surface area contributed by atoms with Crippen LogP contribution < -0.4 is 9.74 Å². The predicted octanol–water partition coefficient (Wildman–Crippen LogP) is 4.25. The summed E-state index contributed by atoms with van der Waals surface area (Å²) in [5.74, 6) is 0.595. The zero-order chi connectivity index (χ0) is 14.7. The van der Waals surface area contributed by atoms with Crippen LogP contribution in [-0.4, -0.2) is 20.1 Å². The first-order valence-corrected chi connectivity index (χ1v) is 9.75. The zero-order valence-electron chi connectivity index (χ0n) is 12.2. The minimum Gasteiger partial charge on any atom is -0.544 e. The third-order valence-corrected chi connectivity index (χ3v) is 8.04. The van der Waals surface area contributed by atoms with Crippen LogP contribution in [0.2, 0.25) is 18.1 Å². The summed E-state index contributed by atoms with van der Waals surface area (Å²) >= 11 is 5.44. The second kappa shape index (κ2) is 5.97. The minimum atomic E-state index is -1.81. The van der Waals surface area contributed by atoms with E-state index in [9.17, 15) is 4.79 Å². The number of carbonyl (C=O) groups excluding carboxylic acids is 1. The van der Waals surface area contributed by atoms with E-state index in [1.54, 1.807) is 0 Å². The molecule has 0 unspecified atom stereocenters. The fourth-order valence-electron chi connectivity index (χ4n) is 1.25. The predicted molar refractivity (Wildman–Crippen MR) is 83.6 cm³/mol. The highest BCUT2D eigenvalue weighted by atomic mass is 35.5. The smallest absolute Gasteiger partial charge is 0.250 e. The van der Waals surface area contributed by atoms with Gasteiger partial charge >= 0.3 is 0 Å². The van der Waals surface area contributed by atoms with Crippen molar-refractivity contribution < 1.29 is 9.22 Å². The standard InChI is InChI=1S/C14H22ClNO2Si/c1-14(2,3)19(4,5)18-12-8-6-11(7-9-12)16-13(17)10-15/h6-9H,10H2,1-5H3,(H,16,17). The monoisotopic (exact) mass is 299 g/mol. The first kappa shape index (κ1) is 16.1. The molecule has 0 fully saturated rings. The van der Waals surface area contributed by atoms with Gasteiger partial charge in [-0.2, -0.15) is 0 Å².